The Labute approximate surface area is 100 Å². The Balaban J connectivity index is 2.54. The maximum absolute atomic E-state index is 11.2. The number of carbonyl (C=O) groups is 3. The topological polar surface area (TPSA) is 63.7 Å². The summed E-state index contributed by atoms with van der Waals surface area (Å²) in [6.45, 7) is -0.520. The molecule has 0 aromatic rings. The number of likely N-dealkylation sites (tertiary alicyclic amines) is 1. The number of rotatable bonds is 1. The van der Waals surface area contributed by atoms with Gasteiger partial charge in [0, 0.05) is 12.8 Å². The van der Waals surface area contributed by atoms with Gasteiger partial charge in [-0.25, -0.2) is 4.79 Å². The van der Waals surface area contributed by atoms with Crippen LogP contribution in [0.1, 0.15) is 12.8 Å². The van der Waals surface area contributed by atoms with Crippen molar-refractivity contribution in [3.05, 3.63) is 0 Å². The summed E-state index contributed by atoms with van der Waals surface area (Å²) in [5.41, 5.74) is 0. The highest BCUT2D eigenvalue weighted by Crippen LogP contribution is 2.26. The zero-order chi connectivity index (χ0) is 11.6. The van der Waals surface area contributed by atoms with Crippen LogP contribution in [0.4, 0.5) is 4.79 Å². The third kappa shape index (κ3) is 3.52. The zero-order valence-corrected chi connectivity index (χ0v) is 9.60. The number of imide groups is 3. The second-order valence-electron chi connectivity index (χ2n) is 2.79. The lowest BCUT2D eigenvalue weighted by molar-refractivity contribution is -0.136. The molecule has 1 aliphatic rings. The van der Waals surface area contributed by atoms with E-state index in [-0.39, 0.29) is 12.8 Å². The van der Waals surface area contributed by atoms with Crippen molar-refractivity contribution in [2.45, 2.75) is 16.6 Å². The van der Waals surface area contributed by atoms with Crippen LogP contribution < -0.4 is 0 Å². The van der Waals surface area contributed by atoms with Crippen molar-refractivity contribution >= 4 is 52.7 Å². The molecular formula is C7H6Cl3NO4. The van der Waals surface area contributed by atoms with E-state index < -0.39 is 28.3 Å². The molecule has 0 aliphatic carbocycles. The quantitative estimate of drug-likeness (QED) is 0.539. The highest BCUT2D eigenvalue weighted by Gasteiger charge is 2.36. The van der Waals surface area contributed by atoms with Crippen molar-refractivity contribution < 1.29 is 19.1 Å². The van der Waals surface area contributed by atoms with Crippen LogP contribution in [0.25, 0.3) is 0 Å². The fourth-order valence-electron chi connectivity index (χ4n) is 0.988. The van der Waals surface area contributed by atoms with Crippen molar-refractivity contribution in [2.24, 2.45) is 0 Å². The van der Waals surface area contributed by atoms with Gasteiger partial charge >= 0.3 is 6.09 Å². The minimum absolute atomic E-state index is 0.00169. The van der Waals surface area contributed by atoms with E-state index in [4.69, 9.17) is 34.8 Å². The van der Waals surface area contributed by atoms with Crippen molar-refractivity contribution in [1.29, 1.82) is 0 Å². The molecule has 0 bridgehead atoms. The first-order valence-corrected chi connectivity index (χ1v) is 5.04. The predicted octanol–water partition coefficient (Wildman–Crippen LogP) is 1.64. The Morgan fingerprint density at radius 1 is 1.27 bits per heavy atom. The maximum Gasteiger partial charge on any atom is 0.423 e. The van der Waals surface area contributed by atoms with Gasteiger partial charge in [-0.2, -0.15) is 4.90 Å². The third-order valence-electron chi connectivity index (χ3n) is 1.59. The number of hydrogen-bond donors (Lipinski definition) is 0. The van der Waals surface area contributed by atoms with Crippen LogP contribution in [-0.4, -0.2) is 33.2 Å². The molecule has 1 aliphatic heterocycles. The lowest BCUT2D eigenvalue weighted by Crippen LogP contribution is -2.37. The SMILES string of the molecule is O=C1CCC(=O)N1C(=O)OCC(Cl)(Cl)Cl. The summed E-state index contributed by atoms with van der Waals surface area (Å²) in [7, 11) is 0. The fraction of sp³-hybridized carbons (Fsp3) is 0.571. The number of alkyl halides is 3. The molecule has 0 aromatic carbocycles. The smallest absolute Gasteiger partial charge is 0.423 e. The molecule has 5 nitrogen and oxygen atoms in total. The minimum Gasteiger partial charge on any atom is -0.444 e. The standard InChI is InChI=1S/C7H6Cl3NO4/c8-7(9,10)3-15-6(14)11-4(12)1-2-5(11)13/h1-3H2. The molecule has 84 valence electrons. The average molecular weight is 274 g/mol. The normalized spacial score (nSPS) is 17.1. The summed E-state index contributed by atoms with van der Waals surface area (Å²) in [4.78, 5) is 33.7. The highest BCUT2D eigenvalue weighted by molar-refractivity contribution is 6.67. The number of nitrogens with zero attached hydrogens (tertiary/aromatic N) is 1. The Kier molecular flexibility index (Phi) is 3.81. The number of ether oxygens (including phenoxy) is 1. The molecule has 0 saturated carbocycles. The number of halogens is 3. The average Bonchev–Trinajstić information content (AvgIpc) is 2.41. The molecule has 0 spiro atoms. The number of carbonyl (C=O) groups excluding carboxylic acids is 3. The molecule has 0 unspecified atom stereocenters. The lowest BCUT2D eigenvalue weighted by atomic mass is 10.4. The molecule has 0 radical (unpaired) electrons. The summed E-state index contributed by atoms with van der Waals surface area (Å²) in [6.07, 6.45) is -1.10. The summed E-state index contributed by atoms with van der Waals surface area (Å²) in [6, 6.07) is 0. The molecule has 15 heavy (non-hydrogen) atoms. The van der Waals surface area contributed by atoms with E-state index in [1.165, 1.54) is 0 Å². The molecule has 8 heteroatoms. The van der Waals surface area contributed by atoms with E-state index in [1.807, 2.05) is 0 Å². The summed E-state index contributed by atoms with van der Waals surface area (Å²) in [5, 5.41) is 0. The molecule has 1 saturated heterocycles. The Morgan fingerprint density at radius 2 is 1.73 bits per heavy atom. The second-order valence-corrected chi connectivity index (χ2v) is 5.31. The monoisotopic (exact) mass is 273 g/mol. The molecular weight excluding hydrogens is 268 g/mol. The summed E-state index contributed by atoms with van der Waals surface area (Å²) >= 11 is 16.0. The number of amides is 3. The Bertz CT molecular complexity index is 296. The van der Waals surface area contributed by atoms with Crippen LogP contribution in [0, 0.1) is 0 Å². The van der Waals surface area contributed by atoms with Crippen LogP contribution in [-0.2, 0) is 14.3 Å². The summed E-state index contributed by atoms with van der Waals surface area (Å²) in [5.74, 6) is -1.20. The van der Waals surface area contributed by atoms with Crippen molar-refractivity contribution in [3.63, 3.8) is 0 Å². The van der Waals surface area contributed by atoms with E-state index in [2.05, 4.69) is 4.74 Å². The van der Waals surface area contributed by atoms with Gasteiger partial charge in [0.15, 0.2) is 0 Å². The van der Waals surface area contributed by atoms with Gasteiger partial charge in [0.05, 0.1) is 0 Å². The summed E-state index contributed by atoms with van der Waals surface area (Å²) < 4.78 is 2.72. The van der Waals surface area contributed by atoms with Crippen molar-refractivity contribution in [3.8, 4) is 0 Å². The van der Waals surface area contributed by atoms with Crippen LogP contribution in [0.15, 0.2) is 0 Å². The molecule has 0 atom stereocenters. The van der Waals surface area contributed by atoms with Crippen LogP contribution >= 0.6 is 34.8 Å². The Morgan fingerprint density at radius 3 is 2.13 bits per heavy atom. The molecule has 1 rings (SSSR count). The van der Waals surface area contributed by atoms with Gasteiger partial charge in [0.1, 0.15) is 6.61 Å². The van der Waals surface area contributed by atoms with Crippen LogP contribution in [0.2, 0.25) is 0 Å². The fourth-order valence-corrected chi connectivity index (χ4v) is 1.15. The van der Waals surface area contributed by atoms with Gasteiger partial charge in [-0.1, -0.05) is 34.8 Å². The first kappa shape index (κ1) is 12.5. The van der Waals surface area contributed by atoms with Gasteiger partial charge in [-0.05, 0) is 0 Å². The van der Waals surface area contributed by atoms with E-state index >= 15 is 0 Å². The zero-order valence-electron chi connectivity index (χ0n) is 7.34. The lowest BCUT2D eigenvalue weighted by Gasteiger charge is -2.15. The van der Waals surface area contributed by atoms with Crippen molar-refractivity contribution in [1.82, 2.24) is 4.90 Å². The maximum atomic E-state index is 11.2. The highest BCUT2D eigenvalue weighted by atomic mass is 35.6. The first-order valence-electron chi connectivity index (χ1n) is 3.90. The van der Waals surface area contributed by atoms with Crippen LogP contribution in [0.3, 0.4) is 0 Å². The van der Waals surface area contributed by atoms with Gasteiger partial charge in [0.2, 0.25) is 15.6 Å². The van der Waals surface area contributed by atoms with E-state index in [1.54, 1.807) is 0 Å². The van der Waals surface area contributed by atoms with Gasteiger partial charge < -0.3 is 4.74 Å². The predicted molar refractivity (Wildman–Crippen MR) is 52.7 cm³/mol. The van der Waals surface area contributed by atoms with E-state index in [0.717, 1.165) is 0 Å². The minimum atomic E-state index is -1.76. The van der Waals surface area contributed by atoms with Gasteiger partial charge in [-0.15, -0.1) is 0 Å². The van der Waals surface area contributed by atoms with Gasteiger partial charge in [0.25, 0.3) is 0 Å². The first-order chi connectivity index (χ1) is 6.81. The van der Waals surface area contributed by atoms with Crippen molar-refractivity contribution in [2.75, 3.05) is 6.61 Å². The van der Waals surface area contributed by atoms with E-state index in [9.17, 15) is 14.4 Å². The molecule has 1 fully saturated rings. The molecule has 0 N–H and O–H groups in total. The largest absolute Gasteiger partial charge is 0.444 e. The van der Waals surface area contributed by atoms with Crippen LogP contribution in [0.5, 0.6) is 0 Å². The molecule has 0 aromatic heterocycles. The number of hydrogen-bond acceptors (Lipinski definition) is 4. The third-order valence-corrected chi connectivity index (χ3v) is 1.92. The molecule has 3 amide bonds. The van der Waals surface area contributed by atoms with E-state index in [0.29, 0.717) is 4.90 Å². The molecule has 1 heterocycles. The van der Waals surface area contributed by atoms with Gasteiger partial charge in [-0.3, -0.25) is 9.59 Å². The Hall–Kier alpha value is -0.520. The second kappa shape index (κ2) is 4.55.